The molecule has 0 aromatic heterocycles. The Bertz CT molecular complexity index is 2230. The number of ketones is 2. The number of hydrogen-bond donors (Lipinski definition) is 7. The molecular weight excluding hydrogens is 912 g/mol. The van der Waals surface area contributed by atoms with E-state index in [0.717, 1.165) is 5.57 Å². The highest BCUT2D eigenvalue weighted by molar-refractivity contribution is 9.09. The van der Waals surface area contributed by atoms with E-state index in [1.165, 1.54) is 18.2 Å². The summed E-state index contributed by atoms with van der Waals surface area (Å²) >= 11 is 2.98. The van der Waals surface area contributed by atoms with E-state index in [9.17, 15) is 53.3 Å². The molecule has 0 spiro atoms. The molecule has 7 aliphatic carbocycles. The SMILES string of the molecule is C[C@]12C=CC(=O)C=C1CC[C@@H]1[C@@H]2[C@@H](O)C[C@@]2(C)[C@H]1C[C@H]1O[C@@H](c3ccc(CC45CC(NC(=O)[C@H](CCC(=O)O)NC(=O)CNC(=O)CBr)(C4)C5)cc3F)O[C@]12C(=O)COP(=O)(O)O. The highest BCUT2D eigenvalue weighted by atomic mass is 79.9. The van der Waals surface area contributed by atoms with Gasteiger partial charge in [0.2, 0.25) is 17.7 Å². The topological polar surface area (TPSA) is 264 Å². The number of aliphatic carboxylic acids is 1. The highest BCUT2D eigenvalue weighted by Crippen LogP contribution is 2.71. The van der Waals surface area contributed by atoms with Crippen LogP contribution in [0, 0.1) is 39.8 Å². The molecular formula is C43H52BrFN3O14P. The van der Waals surface area contributed by atoms with Crippen molar-refractivity contribution in [3.8, 4) is 0 Å². The maximum atomic E-state index is 16.2. The fourth-order valence-electron chi connectivity index (χ4n) is 12.9. The lowest BCUT2D eigenvalue weighted by atomic mass is 9.38. The number of carbonyl (C=O) groups excluding carboxylic acids is 5. The lowest BCUT2D eigenvalue weighted by molar-refractivity contribution is -0.201. The Morgan fingerprint density at radius 2 is 1.84 bits per heavy atom. The van der Waals surface area contributed by atoms with E-state index in [-0.39, 0.29) is 65.7 Å². The van der Waals surface area contributed by atoms with Crippen LogP contribution in [0.1, 0.15) is 89.1 Å². The zero-order chi connectivity index (χ0) is 45.5. The zero-order valence-corrected chi connectivity index (χ0v) is 37.3. The summed E-state index contributed by atoms with van der Waals surface area (Å²) in [6.07, 6.45) is 5.01. The third kappa shape index (κ3) is 8.08. The van der Waals surface area contributed by atoms with Crippen LogP contribution >= 0.6 is 23.8 Å². The van der Waals surface area contributed by atoms with Crippen molar-refractivity contribution in [2.24, 2.45) is 34.0 Å². The Kier molecular flexibility index (Phi) is 11.9. The number of hydrogen-bond acceptors (Lipinski definition) is 11. The number of fused-ring (bicyclic) bond motifs is 7. The van der Waals surface area contributed by atoms with Crippen LogP contribution in [-0.4, -0.2) is 103 Å². The van der Waals surface area contributed by atoms with Gasteiger partial charge < -0.3 is 45.4 Å². The Balaban J connectivity index is 0.951. The van der Waals surface area contributed by atoms with Gasteiger partial charge >= 0.3 is 13.8 Å². The second-order valence-corrected chi connectivity index (χ2v) is 21.0. The first-order valence-corrected chi connectivity index (χ1v) is 23.8. The number of ether oxygens (including phenoxy) is 2. The Hall–Kier alpha value is -3.68. The predicted octanol–water partition coefficient (Wildman–Crippen LogP) is 2.99. The van der Waals surface area contributed by atoms with Crippen LogP contribution in [-0.2, 0) is 53.8 Å². The summed E-state index contributed by atoms with van der Waals surface area (Å²) in [6.45, 7) is 2.45. The summed E-state index contributed by atoms with van der Waals surface area (Å²) in [7, 11) is -5.09. The molecule has 6 saturated carbocycles. The van der Waals surface area contributed by atoms with Crippen molar-refractivity contribution in [3.63, 3.8) is 0 Å². The van der Waals surface area contributed by atoms with Crippen molar-refractivity contribution < 1.29 is 71.7 Å². The van der Waals surface area contributed by atoms with Gasteiger partial charge in [-0.05, 0) is 98.8 Å². The number of carboxylic acids is 1. The summed E-state index contributed by atoms with van der Waals surface area (Å²) in [5.41, 5.74) is -2.73. The Morgan fingerprint density at radius 3 is 2.51 bits per heavy atom. The lowest BCUT2D eigenvalue weighted by Gasteiger charge is -2.71. The molecule has 20 heteroatoms. The molecule has 9 rings (SSSR count). The van der Waals surface area contributed by atoms with E-state index in [0.29, 0.717) is 50.5 Å². The second-order valence-electron chi connectivity index (χ2n) is 19.2. The molecule has 7 fully saturated rings. The van der Waals surface area contributed by atoms with E-state index in [1.807, 2.05) is 19.9 Å². The van der Waals surface area contributed by atoms with Gasteiger partial charge in [-0.3, -0.25) is 33.3 Å². The summed E-state index contributed by atoms with van der Waals surface area (Å²) < 4.78 is 45.8. The molecule has 17 nitrogen and oxygen atoms in total. The molecule has 2 bridgehead atoms. The lowest BCUT2D eigenvalue weighted by Crippen LogP contribution is -2.76. The van der Waals surface area contributed by atoms with Crippen molar-refractivity contribution in [1.29, 1.82) is 0 Å². The zero-order valence-electron chi connectivity index (χ0n) is 34.8. The van der Waals surface area contributed by atoms with Crippen molar-refractivity contribution in [2.75, 3.05) is 18.5 Å². The van der Waals surface area contributed by atoms with Crippen molar-refractivity contribution in [1.82, 2.24) is 16.0 Å². The fraction of sp³-hybridized carbons (Fsp3) is 0.628. The summed E-state index contributed by atoms with van der Waals surface area (Å²) in [6, 6.07) is 3.50. The fourth-order valence-corrected chi connectivity index (χ4v) is 13.4. The third-order valence-corrected chi connectivity index (χ3v) is 16.3. The smallest absolute Gasteiger partial charge is 0.470 e. The van der Waals surface area contributed by atoms with Crippen LogP contribution < -0.4 is 16.0 Å². The van der Waals surface area contributed by atoms with Crippen LogP contribution in [0.5, 0.6) is 0 Å². The average Bonchev–Trinajstić information content (AvgIpc) is 3.68. The first-order chi connectivity index (χ1) is 29.5. The van der Waals surface area contributed by atoms with Gasteiger partial charge in [0.15, 0.2) is 23.5 Å². The molecule has 1 heterocycles. The number of carbonyl (C=O) groups is 6. The number of rotatable bonds is 16. The number of Topliss-reactive ketones (excluding diaryl/α,β-unsaturated/α-hetero) is 1. The quantitative estimate of drug-likeness (QED) is 0.0929. The molecule has 63 heavy (non-hydrogen) atoms. The van der Waals surface area contributed by atoms with Gasteiger partial charge in [-0.1, -0.05) is 53.6 Å². The van der Waals surface area contributed by atoms with Gasteiger partial charge in [-0.25, -0.2) is 8.96 Å². The summed E-state index contributed by atoms with van der Waals surface area (Å²) in [5, 5.41) is 29.0. The molecule has 7 N–H and O–H groups in total. The predicted molar refractivity (Wildman–Crippen MR) is 221 cm³/mol. The molecule has 8 aliphatic rings. The number of aliphatic hydroxyl groups is 1. The van der Waals surface area contributed by atoms with Gasteiger partial charge in [0.1, 0.15) is 18.5 Å². The number of nitrogens with one attached hydrogen (secondary N) is 3. The number of alkyl halides is 1. The minimum Gasteiger partial charge on any atom is -0.481 e. The largest absolute Gasteiger partial charge is 0.481 e. The van der Waals surface area contributed by atoms with E-state index in [2.05, 4.69) is 31.9 Å². The van der Waals surface area contributed by atoms with Crippen molar-refractivity contribution >= 4 is 59.0 Å². The maximum absolute atomic E-state index is 16.2. The van der Waals surface area contributed by atoms with Gasteiger partial charge in [0, 0.05) is 34.3 Å². The van der Waals surface area contributed by atoms with Crippen molar-refractivity contribution in [2.45, 2.75) is 114 Å². The first kappa shape index (κ1) is 45.9. The molecule has 1 aliphatic heterocycles. The molecule has 1 aromatic rings. The molecule has 0 unspecified atom stereocenters. The highest BCUT2D eigenvalue weighted by Gasteiger charge is 2.76. The molecule has 1 aromatic carbocycles. The van der Waals surface area contributed by atoms with Gasteiger partial charge in [0.05, 0.1) is 24.1 Å². The van der Waals surface area contributed by atoms with Gasteiger partial charge in [-0.2, -0.15) is 0 Å². The second kappa shape index (κ2) is 16.3. The van der Waals surface area contributed by atoms with E-state index in [4.69, 9.17) is 14.0 Å². The number of amides is 3. The molecule has 0 radical (unpaired) electrons. The number of allylic oxidation sites excluding steroid dienone is 4. The standard InChI is InChI=1S/C43H52BrFN3O14P/c1-39-10-9-24(49)12-23(39)4-6-25-27-13-32-43(31(51)18-60-63(57,58)59,40(27,2)15-30(50)36(25)39)62-38(61-32)26-5-3-22(11-28(26)45)14-41-19-42(20-41,21-41)48-37(56)29(7-8-35(54)55)47-34(53)17-46-33(52)16-44/h3,5,9-12,25,27,29-30,32,36,38,50H,4,6-8,13-21H2,1-2H3,(H,46,52)(H,47,53)(H,48,56)(H,54,55)(H2,57,58,59)/t25-,27-,29-,30-,32+,36+,38+,39-,40-,41?,42?,43+/m0/s1. The van der Waals surface area contributed by atoms with E-state index in [1.54, 1.807) is 12.1 Å². The number of phosphoric ester groups is 1. The van der Waals surface area contributed by atoms with Gasteiger partial charge in [-0.15, -0.1) is 0 Å². The minimum atomic E-state index is -5.09. The molecule has 3 amide bonds. The number of carboxylic acid groups (broad SMARTS) is 1. The number of benzene rings is 1. The Morgan fingerprint density at radius 1 is 1.11 bits per heavy atom. The first-order valence-electron chi connectivity index (χ1n) is 21.2. The van der Waals surface area contributed by atoms with Crippen LogP contribution in [0.2, 0.25) is 0 Å². The van der Waals surface area contributed by atoms with Gasteiger partial charge in [0.25, 0.3) is 0 Å². The molecule has 10 atom stereocenters. The number of aliphatic hydroxyl groups excluding tert-OH is 1. The third-order valence-electron chi connectivity index (χ3n) is 15.3. The number of phosphoric acid groups is 1. The monoisotopic (exact) mass is 963 g/mol. The number of halogens is 2. The maximum Gasteiger partial charge on any atom is 0.470 e. The van der Waals surface area contributed by atoms with Crippen LogP contribution in [0.4, 0.5) is 4.39 Å². The average molecular weight is 965 g/mol. The van der Waals surface area contributed by atoms with Crippen LogP contribution in [0.15, 0.2) is 42.0 Å². The van der Waals surface area contributed by atoms with E-state index < -0.39 is 96.2 Å². The van der Waals surface area contributed by atoms with Crippen molar-refractivity contribution in [3.05, 3.63) is 58.9 Å². The van der Waals surface area contributed by atoms with E-state index >= 15 is 4.39 Å². The summed E-state index contributed by atoms with van der Waals surface area (Å²) in [5.74, 6) is -4.97. The molecule has 342 valence electrons. The molecule has 1 saturated heterocycles. The Labute approximate surface area is 370 Å². The summed E-state index contributed by atoms with van der Waals surface area (Å²) in [4.78, 5) is 94.3. The van der Waals surface area contributed by atoms with Crippen LogP contribution in [0.3, 0.4) is 0 Å². The normalized spacial score (nSPS) is 37.4. The van der Waals surface area contributed by atoms with Crippen LogP contribution in [0.25, 0.3) is 0 Å². The minimum absolute atomic E-state index is 0.0176.